The van der Waals surface area contributed by atoms with Crippen molar-refractivity contribution >= 4 is 16.9 Å². The van der Waals surface area contributed by atoms with Crippen LogP contribution < -0.4 is 10.9 Å². The van der Waals surface area contributed by atoms with Crippen LogP contribution in [0.15, 0.2) is 53.3 Å². The second-order valence-electron chi connectivity index (χ2n) is 6.36. The minimum atomic E-state index is -0.122. The van der Waals surface area contributed by atoms with Gasteiger partial charge in [-0.25, -0.2) is 4.98 Å². The summed E-state index contributed by atoms with van der Waals surface area (Å²) in [5.41, 5.74) is 3.17. The monoisotopic (exact) mass is 349 g/mol. The zero-order valence-electron chi connectivity index (χ0n) is 15.3. The lowest BCUT2D eigenvalue weighted by molar-refractivity contribution is 0.0939. The molecule has 0 aliphatic carbocycles. The fourth-order valence-electron chi connectivity index (χ4n) is 2.88. The maximum absolute atomic E-state index is 12.8. The molecule has 1 heterocycles. The molecule has 26 heavy (non-hydrogen) atoms. The number of carbonyl (C=O) groups excluding carboxylic acids is 1. The Hall–Kier alpha value is -2.95. The third kappa shape index (κ3) is 3.38. The number of fused-ring (bicyclic) bond motifs is 1. The van der Waals surface area contributed by atoms with E-state index in [1.54, 1.807) is 28.8 Å². The molecule has 0 fully saturated rings. The molecule has 0 saturated heterocycles. The Bertz CT molecular complexity index is 990. The summed E-state index contributed by atoms with van der Waals surface area (Å²) in [6, 6.07) is 14.8. The van der Waals surface area contributed by atoms with Crippen molar-refractivity contribution in [3.63, 3.8) is 0 Å². The quantitative estimate of drug-likeness (QED) is 0.765. The Morgan fingerprint density at radius 2 is 1.81 bits per heavy atom. The van der Waals surface area contributed by atoms with Gasteiger partial charge in [0.25, 0.3) is 11.5 Å². The molecule has 2 aromatic carbocycles. The maximum Gasteiger partial charge on any atom is 0.277 e. The molecule has 1 aromatic heterocycles. The number of carbonyl (C=O) groups is 1. The standard InChI is InChI=1S/C21H23N3O2/c1-4-14(3)22-20(25)16-12-10-15(11-13-16)19-21(26)24(5-2)18-9-7-6-8-17(18)23-19/h6-14H,4-5H2,1-3H3,(H,22,25)/t14-/m0/s1. The fourth-order valence-corrected chi connectivity index (χ4v) is 2.88. The van der Waals surface area contributed by atoms with Crippen LogP contribution in [0.3, 0.4) is 0 Å². The average Bonchev–Trinajstić information content (AvgIpc) is 2.67. The van der Waals surface area contributed by atoms with Gasteiger partial charge in [-0.15, -0.1) is 0 Å². The number of aromatic nitrogens is 2. The molecule has 134 valence electrons. The van der Waals surface area contributed by atoms with Crippen molar-refractivity contribution in [2.24, 2.45) is 0 Å². The van der Waals surface area contributed by atoms with Gasteiger partial charge in [0.15, 0.2) is 0 Å². The summed E-state index contributed by atoms with van der Waals surface area (Å²) in [5, 5.41) is 2.94. The van der Waals surface area contributed by atoms with Gasteiger partial charge in [0.1, 0.15) is 5.69 Å². The van der Waals surface area contributed by atoms with Crippen LogP contribution in [0.5, 0.6) is 0 Å². The highest BCUT2D eigenvalue weighted by Gasteiger charge is 2.13. The van der Waals surface area contributed by atoms with Crippen LogP contribution in [-0.2, 0) is 6.54 Å². The molecule has 0 aliphatic heterocycles. The first kappa shape index (κ1) is 17.9. The highest BCUT2D eigenvalue weighted by atomic mass is 16.1. The molecular weight excluding hydrogens is 326 g/mol. The van der Waals surface area contributed by atoms with E-state index in [0.717, 1.165) is 17.5 Å². The zero-order chi connectivity index (χ0) is 18.7. The van der Waals surface area contributed by atoms with Crippen LogP contribution in [0.1, 0.15) is 37.6 Å². The third-order valence-electron chi connectivity index (χ3n) is 4.58. The number of rotatable bonds is 5. The molecule has 0 radical (unpaired) electrons. The zero-order valence-corrected chi connectivity index (χ0v) is 15.3. The Balaban J connectivity index is 2.01. The smallest absolute Gasteiger partial charge is 0.277 e. The second-order valence-corrected chi connectivity index (χ2v) is 6.36. The first-order valence-electron chi connectivity index (χ1n) is 8.96. The largest absolute Gasteiger partial charge is 0.350 e. The van der Waals surface area contributed by atoms with Crippen molar-refractivity contribution in [1.82, 2.24) is 14.9 Å². The molecule has 0 unspecified atom stereocenters. The van der Waals surface area contributed by atoms with Crippen LogP contribution in [0, 0.1) is 0 Å². The summed E-state index contributed by atoms with van der Waals surface area (Å²) in [6.07, 6.45) is 0.876. The van der Waals surface area contributed by atoms with Crippen molar-refractivity contribution in [3.05, 3.63) is 64.4 Å². The molecular formula is C21H23N3O2. The number of hydrogen-bond acceptors (Lipinski definition) is 3. The molecule has 5 nitrogen and oxygen atoms in total. The molecule has 0 aliphatic rings. The highest BCUT2D eigenvalue weighted by molar-refractivity contribution is 5.94. The predicted molar refractivity (Wildman–Crippen MR) is 104 cm³/mol. The molecule has 0 saturated carbocycles. The Morgan fingerprint density at radius 3 is 2.46 bits per heavy atom. The Kier molecular flexibility index (Phi) is 5.16. The number of para-hydroxylation sites is 2. The van der Waals surface area contributed by atoms with Crippen LogP contribution in [0.25, 0.3) is 22.3 Å². The molecule has 1 amide bonds. The van der Waals surface area contributed by atoms with Gasteiger partial charge in [-0.1, -0.05) is 31.2 Å². The van der Waals surface area contributed by atoms with Gasteiger partial charge in [0, 0.05) is 23.7 Å². The number of aryl methyl sites for hydroxylation is 1. The SMILES string of the molecule is CC[C@H](C)NC(=O)c1ccc(-c2nc3ccccc3n(CC)c2=O)cc1. The summed E-state index contributed by atoms with van der Waals surface area (Å²) < 4.78 is 1.72. The van der Waals surface area contributed by atoms with E-state index in [1.807, 2.05) is 45.0 Å². The van der Waals surface area contributed by atoms with Crippen molar-refractivity contribution < 1.29 is 4.79 Å². The van der Waals surface area contributed by atoms with Crippen molar-refractivity contribution in [1.29, 1.82) is 0 Å². The van der Waals surface area contributed by atoms with Gasteiger partial charge >= 0.3 is 0 Å². The maximum atomic E-state index is 12.8. The van der Waals surface area contributed by atoms with Crippen molar-refractivity contribution in [2.45, 2.75) is 39.8 Å². The van der Waals surface area contributed by atoms with E-state index in [1.165, 1.54) is 0 Å². The van der Waals surface area contributed by atoms with E-state index in [-0.39, 0.29) is 17.5 Å². The van der Waals surface area contributed by atoms with Gasteiger partial charge in [0.2, 0.25) is 0 Å². The lowest BCUT2D eigenvalue weighted by Crippen LogP contribution is -2.31. The summed E-state index contributed by atoms with van der Waals surface area (Å²) in [7, 11) is 0. The van der Waals surface area contributed by atoms with E-state index in [0.29, 0.717) is 23.4 Å². The number of amides is 1. The van der Waals surface area contributed by atoms with E-state index >= 15 is 0 Å². The minimum Gasteiger partial charge on any atom is -0.350 e. The molecule has 5 heteroatoms. The van der Waals surface area contributed by atoms with Gasteiger partial charge in [-0.05, 0) is 44.5 Å². The predicted octanol–water partition coefficient (Wildman–Crippen LogP) is 3.61. The Labute approximate surface area is 152 Å². The summed E-state index contributed by atoms with van der Waals surface area (Å²) >= 11 is 0. The number of benzene rings is 2. The summed E-state index contributed by atoms with van der Waals surface area (Å²) in [5.74, 6) is -0.108. The average molecular weight is 349 g/mol. The molecule has 0 bridgehead atoms. The van der Waals surface area contributed by atoms with Gasteiger partial charge < -0.3 is 9.88 Å². The summed E-state index contributed by atoms with van der Waals surface area (Å²) in [6.45, 7) is 6.51. The van der Waals surface area contributed by atoms with E-state index in [2.05, 4.69) is 10.3 Å². The number of hydrogen-bond donors (Lipinski definition) is 1. The highest BCUT2D eigenvalue weighted by Crippen LogP contribution is 2.18. The van der Waals surface area contributed by atoms with Crippen LogP contribution in [-0.4, -0.2) is 21.5 Å². The van der Waals surface area contributed by atoms with E-state index in [4.69, 9.17) is 0 Å². The fraction of sp³-hybridized carbons (Fsp3) is 0.286. The van der Waals surface area contributed by atoms with Crippen LogP contribution in [0.4, 0.5) is 0 Å². The van der Waals surface area contributed by atoms with Crippen molar-refractivity contribution in [2.75, 3.05) is 0 Å². The topological polar surface area (TPSA) is 64.0 Å². The normalized spacial score (nSPS) is 12.1. The molecule has 1 atom stereocenters. The third-order valence-corrected chi connectivity index (χ3v) is 4.58. The lowest BCUT2D eigenvalue weighted by Gasteiger charge is -2.12. The van der Waals surface area contributed by atoms with Crippen LogP contribution >= 0.6 is 0 Å². The molecule has 1 N–H and O–H groups in total. The molecule has 3 rings (SSSR count). The first-order chi connectivity index (χ1) is 12.5. The molecule has 3 aromatic rings. The van der Waals surface area contributed by atoms with E-state index < -0.39 is 0 Å². The lowest BCUT2D eigenvalue weighted by atomic mass is 10.1. The second kappa shape index (κ2) is 7.52. The Morgan fingerprint density at radius 1 is 1.12 bits per heavy atom. The first-order valence-corrected chi connectivity index (χ1v) is 8.96. The van der Waals surface area contributed by atoms with Gasteiger partial charge in [-0.3, -0.25) is 9.59 Å². The number of nitrogens with zero attached hydrogens (tertiary/aromatic N) is 2. The van der Waals surface area contributed by atoms with Gasteiger partial charge in [0.05, 0.1) is 11.0 Å². The molecule has 0 spiro atoms. The van der Waals surface area contributed by atoms with Crippen LogP contribution in [0.2, 0.25) is 0 Å². The minimum absolute atomic E-state index is 0.108. The van der Waals surface area contributed by atoms with Gasteiger partial charge in [-0.2, -0.15) is 0 Å². The number of nitrogens with one attached hydrogen (secondary N) is 1. The van der Waals surface area contributed by atoms with Crippen molar-refractivity contribution in [3.8, 4) is 11.3 Å². The summed E-state index contributed by atoms with van der Waals surface area (Å²) in [4.78, 5) is 29.6. The van der Waals surface area contributed by atoms with E-state index in [9.17, 15) is 9.59 Å².